The lowest BCUT2D eigenvalue weighted by molar-refractivity contribution is -0.127. The van der Waals surface area contributed by atoms with Crippen LogP contribution >= 0.6 is 0 Å². The van der Waals surface area contributed by atoms with E-state index >= 15 is 0 Å². The van der Waals surface area contributed by atoms with Crippen LogP contribution in [-0.4, -0.2) is 49.6 Å². The number of carbonyl (C=O) groups excluding carboxylic acids is 2. The molecule has 10 heteroatoms. The molecule has 0 bridgehead atoms. The summed E-state index contributed by atoms with van der Waals surface area (Å²) in [5.41, 5.74) is 8.96. The summed E-state index contributed by atoms with van der Waals surface area (Å²) in [6.07, 6.45) is 5.94. The molecule has 1 unspecified atom stereocenters. The van der Waals surface area contributed by atoms with Gasteiger partial charge >= 0.3 is 0 Å². The number of carbonyl (C=O) groups is 2. The van der Waals surface area contributed by atoms with Gasteiger partial charge in [0.05, 0.1) is 22.5 Å². The number of nitriles is 1. The molecule has 184 valence electrons. The maximum absolute atomic E-state index is 12.7. The lowest BCUT2D eigenvalue weighted by Gasteiger charge is -2.32. The number of amides is 2. The van der Waals surface area contributed by atoms with Gasteiger partial charge in [-0.15, -0.1) is 0 Å². The Balaban J connectivity index is 1.54. The summed E-state index contributed by atoms with van der Waals surface area (Å²) in [6.45, 7) is 4.68. The Morgan fingerprint density at radius 1 is 1.19 bits per heavy atom. The molecule has 4 aromatic rings. The Labute approximate surface area is 213 Å². The zero-order valence-corrected chi connectivity index (χ0v) is 20.0. The van der Waals surface area contributed by atoms with E-state index in [0.29, 0.717) is 46.6 Å². The van der Waals surface area contributed by atoms with Crippen molar-refractivity contribution in [3.8, 4) is 17.3 Å². The second-order valence-corrected chi connectivity index (χ2v) is 8.72. The molecule has 3 N–H and O–H groups in total. The summed E-state index contributed by atoms with van der Waals surface area (Å²) in [7, 11) is 0. The largest absolute Gasteiger partial charge is 0.383 e. The van der Waals surface area contributed by atoms with E-state index in [1.807, 2.05) is 0 Å². The molecule has 1 fully saturated rings. The molecule has 2 amide bonds. The van der Waals surface area contributed by atoms with Crippen molar-refractivity contribution in [2.75, 3.05) is 24.1 Å². The molecule has 1 atom stereocenters. The predicted octanol–water partition coefficient (Wildman–Crippen LogP) is 3.55. The third-order valence-corrected chi connectivity index (χ3v) is 6.43. The maximum atomic E-state index is 12.7. The molecule has 1 aliphatic heterocycles. The van der Waals surface area contributed by atoms with Crippen molar-refractivity contribution in [3.63, 3.8) is 0 Å². The SMILES string of the molecule is C=CC(=O)N1CCCC(n2nc(-c3ccc(C(=O)Nc4ccccn4)cc3)c3c(N)ncc(C#N)c32)C1. The molecule has 0 aliphatic carbocycles. The number of nitrogens with zero attached hydrogens (tertiary/aromatic N) is 6. The number of fused-ring (bicyclic) bond motifs is 1. The highest BCUT2D eigenvalue weighted by Crippen LogP contribution is 2.36. The Kier molecular flexibility index (Phi) is 6.34. The van der Waals surface area contributed by atoms with Crippen molar-refractivity contribution < 1.29 is 9.59 Å². The van der Waals surface area contributed by atoms with Crippen molar-refractivity contribution in [1.29, 1.82) is 5.26 Å². The molecule has 5 rings (SSSR count). The number of rotatable bonds is 5. The molecule has 1 aliphatic rings. The number of hydrogen-bond donors (Lipinski definition) is 2. The van der Waals surface area contributed by atoms with E-state index in [-0.39, 0.29) is 23.7 Å². The monoisotopic (exact) mass is 492 g/mol. The summed E-state index contributed by atoms with van der Waals surface area (Å²) in [4.78, 5) is 35.0. The number of piperidine rings is 1. The van der Waals surface area contributed by atoms with Crippen LogP contribution in [0.4, 0.5) is 11.6 Å². The molecule has 4 heterocycles. The van der Waals surface area contributed by atoms with Crippen molar-refractivity contribution >= 4 is 34.4 Å². The van der Waals surface area contributed by atoms with E-state index in [1.54, 1.807) is 58.2 Å². The molecule has 1 saturated heterocycles. The summed E-state index contributed by atoms with van der Waals surface area (Å²) < 4.78 is 1.80. The fourth-order valence-electron chi connectivity index (χ4n) is 4.63. The standard InChI is InChI=1S/C27H24N8O2/c1-2-22(36)34-13-5-6-20(16-34)35-25-19(14-28)15-31-26(29)23(25)24(33-35)17-8-10-18(11-9-17)27(37)32-21-7-3-4-12-30-21/h2-4,7-12,15,20H,1,5-6,13,16H2,(H2,29,31)(H,30,32,37). The van der Waals surface area contributed by atoms with Gasteiger partial charge in [-0.1, -0.05) is 24.8 Å². The molecule has 3 aromatic heterocycles. The number of nitrogens with two attached hydrogens (primary N) is 1. The summed E-state index contributed by atoms with van der Waals surface area (Å²) >= 11 is 0. The van der Waals surface area contributed by atoms with Gasteiger partial charge in [-0.05, 0) is 43.2 Å². The highest BCUT2D eigenvalue weighted by Gasteiger charge is 2.28. The Bertz CT molecular complexity index is 1540. The number of benzene rings is 1. The molecular formula is C27H24N8O2. The fraction of sp³-hybridized carbons (Fsp3) is 0.185. The first-order valence-electron chi connectivity index (χ1n) is 11.8. The van der Waals surface area contributed by atoms with Gasteiger partial charge in [0, 0.05) is 36.6 Å². The van der Waals surface area contributed by atoms with E-state index < -0.39 is 0 Å². The van der Waals surface area contributed by atoms with Crippen LogP contribution in [0.15, 0.2) is 67.5 Å². The first-order chi connectivity index (χ1) is 18.0. The number of anilines is 2. The first-order valence-corrected chi connectivity index (χ1v) is 11.8. The van der Waals surface area contributed by atoms with E-state index in [1.165, 1.54) is 12.3 Å². The normalized spacial score (nSPS) is 15.2. The first kappa shape index (κ1) is 23.7. The van der Waals surface area contributed by atoms with E-state index in [9.17, 15) is 14.9 Å². The Hall–Kier alpha value is -5.04. The zero-order valence-electron chi connectivity index (χ0n) is 20.0. The van der Waals surface area contributed by atoms with Crippen molar-refractivity contribution in [2.45, 2.75) is 18.9 Å². The van der Waals surface area contributed by atoms with Gasteiger partial charge in [0.2, 0.25) is 5.91 Å². The van der Waals surface area contributed by atoms with E-state index in [2.05, 4.69) is 27.9 Å². The number of likely N-dealkylation sites (tertiary alicyclic amines) is 1. The van der Waals surface area contributed by atoms with Gasteiger partial charge in [-0.25, -0.2) is 9.97 Å². The molecule has 10 nitrogen and oxygen atoms in total. The second kappa shape index (κ2) is 9.91. The molecule has 37 heavy (non-hydrogen) atoms. The van der Waals surface area contributed by atoms with Crippen molar-refractivity contribution in [3.05, 3.63) is 78.6 Å². The van der Waals surface area contributed by atoms with Crippen molar-refractivity contribution in [2.24, 2.45) is 0 Å². The van der Waals surface area contributed by atoms with Crippen molar-refractivity contribution in [1.82, 2.24) is 24.6 Å². The van der Waals surface area contributed by atoms with Crippen LogP contribution in [0.25, 0.3) is 22.2 Å². The minimum Gasteiger partial charge on any atom is -0.383 e. The average molecular weight is 493 g/mol. The quantitative estimate of drug-likeness (QED) is 0.406. The number of hydrogen-bond acceptors (Lipinski definition) is 7. The van der Waals surface area contributed by atoms with Gasteiger partial charge in [0.25, 0.3) is 5.91 Å². The van der Waals surface area contributed by atoms with Crippen LogP contribution in [0, 0.1) is 11.3 Å². The summed E-state index contributed by atoms with van der Waals surface area (Å²) in [6, 6.07) is 14.3. The molecule has 1 aromatic carbocycles. The average Bonchev–Trinajstić information content (AvgIpc) is 3.35. The number of nitrogen functional groups attached to an aromatic ring is 1. The molecular weight excluding hydrogens is 468 g/mol. The third kappa shape index (κ3) is 4.50. The van der Waals surface area contributed by atoms with Gasteiger partial charge < -0.3 is 16.0 Å². The van der Waals surface area contributed by atoms with Crippen LogP contribution < -0.4 is 11.1 Å². The topological polar surface area (TPSA) is 143 Å². The second-order valence-electron chi connectivity index (χ2n) is 8.72. The van der Waals surface area contributed by atoms with Crippen LogP contribution in [0.3, 0.4) is 0 Å². The minimum absolute atomic E-state index is 0.136. The fourth-order valence-corrected chi connectivity index (χ4v) is 4.63. The van der Waals surface area contributed by atoms with Gasteiger partial charge in [-0.3, -0.25) is 14.3 Å². The van der Waals surface area contributed by atoms with Crippen LogP contribution in [0.5, 0.6) is 0 Å². The van der Waals surface area contributed by atoms with Crippen LogP contribution in [0.2, 0.25) is 0 Å². The van der Waals surface area contributed by atoms with E-state index in [0.717, 1.165) is 18.4 Å². The predicted molar refractivity (Wildman–Crippen MR) is 139 cm³/mol. The van der Waals surface area contributed by atoms with Gasteiger partial charge in [0.15, 0.2) is 0 Å². The molecule has 0 saturated carbocycles. The highest BCUT2D eigenvalue weighted by molar-refractivity contribution is 6.05. The van der Waals surface area contributed by atoms with E-state index in [4.69, 9.17) is 10.8 Å². The Morgan fingerprint density at radius 3 is 2.70 bits per heavy atom. The van der Waals surface area contributed by atoms with Gasteiger partial charge in [-0.2, -0.15) is 10.4 Å². The zero-order chi connectivity index (χ0) is 25.9. The molecule has 0 spiro atoms. The number of nitrogens with one attached hydrogen (secondary N) is 1. The molecule has 0 radical (unpaired) electrons. The lowest BCUT2D eigenvalue weighted by Crippen LogP contribution is -2.40. The number of aromatic nitrogens is 4. The summed E-state index contributed by atoms with van der Waals surface area (Å²) in [5.74, 6) is 0.285. The summed E-state index contributed by atoms with van der Waals surface area (Å²) in [5, 5.41) is 18.0. The number of pyridine rings is 2. The van der Waals surface area contributed by atoms with Crippen LogP contribution in [0.1, 0.15) is 34.8 Å². The minimum atomic E-state index is -0.289. The lowest BCUT2D eigenvalue weighted by atomic mass is 10.0. The highest BCUT2D eigenvalue weighted by atomic mass is 16.2. The smallest absolute Gasteiger partial charge is 0.256 e. The van der Waals surface area contributed by atoms with Gasteiger partial charge in [0.1, 0.15) is 23.4 Å². The van der Waals surface area contributed by atoms with Crippen LogP contribution in [-0.2, 0) is 4.79 Å². The maximum Gasteiger partial charge on any atom is 0.256 e. The third-order valence-electron chi connectivity index (χ3n) is 6.43. The Morgan fingerprint density at radius 2 is 2.00 bits per heavy atom.